The number of aryl methyl sites for hydroxylation is 1. The maximum Gasteiger partial charge on any atom is 0.416 e. The number of alkyl halides is 3. The first-order chi connectivity index (χ1) is 18.8. The van der Waals surface area contributed by atoms with Gasteiger partial charge in [0.25, 0.3) is 5.91 Å². The molecular formula is C28H29F3N6O2. The number of benzene rings is 2. The third-order valence-electron chi connectivity index (χ3n) is 6.63. The molecule has 11 heteroatoms. The molecule has 8 nitrogen and oxygen atoms in total. The Bertz CT molecular complexity index is 1460. The predicted molar refractivity (Wildman–Crippen MR) is 146 cm³/mol. The minimum absolute atomic E-state index is 0.291. The molecule has 4 N–H and O–H groups in total. The minimum atomic E-state index is -4.44. The summed E-state index contributed by atoms with van der Waals surface area (Å²) in [6, 6.07) is 12.1. The minimum Gasteiger partial charge on any atom is -0.382 e. The van der Waals surface area contributed by atoms with Crippen LogP contribution in [0.15, 0.2) is 60.9 Å². The van der Waals surface area contributed by atoms with Gasteiger partial charge in [-0.15, -0.1) is 0 Å². The fourth-order valence-electron chi connectivity index (χ4n) is 4.50. The molecule has 0 atom stereocenters. The third-order valence-corrected chi connectivity index (χ3v) is 6.63. The number of carbonyl (C=O) groups is 1. The molecule has 4 aromatic rings. The van der Waals surface area contributed by atoms with Crippen molar-refractivity contribution in [2.75, 3.05) is 55.3 Å². The number of aromatic nitrogens is 2. The summed E-state index contributed by atoms with van der Waals surface area (Å²) in [4.78, 5) is 23.3. The van der Waals surface area contributed by atoms with Crippen LogP contribution >= 0.6 is 0 Å². The Labute approximate surface area is 223 Å². The van der Waals surface area contributed by atoms with Crippen molar-refractivity contribution in [2.45, 2.75) is 13.1 Å². The van der Waals surface area contributed by atoms with E-state index in [0.717, 1.165) is 42.7 Å². The van der Waals surface area contributed by atoms with Crippen LogP contribution in [0.1, 0.15) is 21.5 Å². The summed E-state index contributed by atoms with van der Waals surface area (Å²) in [5.74, 6) is -0.348. The van der Waals surface area contributed by atoms with E-state index in [1.54, 1.807) is 30.5 Å². The van der Waals surface area contributed by atoms with Crippen molar-refractivity contribution in [1.82, 2.24) is 14.9 Å². The van der Waals surface area contributed by atoms with Crippen LogP contribution in [0.2, 0.25) is 0 Å². The van der Waals surface area contributed by atoms with Gasteiger partial charge in [-0.05, 0) is 48.9 Å². The number of hydrogen-bond acceptors (Lipinski definition) is 6. The van der Waals surface area contributed by atoms with E-state index < -0.39 is 11.7 Å². The van der Waals surface area contributed by atoms with E-state index in [2.05, 4.69) is 30.8 Å². The zero-order valence-corrected chi connectivity index (χ0v) is 21.4. The van der Waals surface area contributed by atoms with Crippen molar-refractivity contribution in [2.24, 2.45) is 0 Å². The zero-order valence-electron chi connectivity index (χ0n) is 21.4. The van der Waals surface area contributed by atoms with E-state index in [-0.39, 0.29) is 5.91 Å². The monoisotopic (exact) mass is 538 g/mol. The summed E-state index contributed by atoms with van der Waals surface area (Å²) in [7, 11) is 0. The second-order valence-corrected chi connectivity index (χ2v) is 9.36. The number of pyridine rings is 1. The van der Waals surface area contributed by atoms with Gasteiger partial charge in [-0.3, -0.25) is 9.69 Å². The molecule has 0 saturated carbocycles. The number of halogens is 3. The number of H-pyrrole nitrogens is 1. The normalized spacial score (nSPS) is 14.4. The lowest BCUT2D eigenvalue weighted by molar-refractivity contribution is -0.137. The van der Waals surface area contributed by atoms with Crippen molar-refractivity contribution >= 4 is 39.7 Å². The van der Waals surface area contributed by atoms with Gasteiger partial charge in [0.05, 0.1) is 30.0 Å². The van der Waals surface area contributed by atoms with Gasteiger partial charge in [0.1, 0.15) is 5.65 Å². The largest absolute Gasteiger partial charge is 0.416 e. The molecule has 0 spiro atoms. The summed E-state index contributed by atoms with van der Waals surface area (Å²) < 4.78 is 44.8. The van der Waals surface area contributed by atoms with Crippen LogP contribution in [0.5, 0.6) is 0 Å². The molecular weight excluding hydrogens is 509 g/mol. The molecule has 5 rings (SSSR count). The summed E-state index contributed by atoms with van der Waals surface area (Å²) in [6.45, 7) is 6.46. The lowest BCUT2D eigenvalue weighted by atomic mass is 10.1. The molecule has 1 fully saturated rings. The zero-order chi connectivity index (χ0) is 27.4. The average molecular weight is 539 g/mol. The van der Waals surface area contributed by atoms with Gasteiger partial charge in [-0.2, -0.15) is 13.2 Å². The summed E-state index contributed by atoms with van der Waals surface area (Å²) >= 11 is 0. The van der Waals surface area contributed by atoms with Gasteiger partial charge in [-0.25, -0.2) is 4.98 Å². The average Bonchev–Trinajstić information content (AvgIpc) is 3.40. The van der Waals surface area contributed by atoms with Crippen LogP contribution in [0.25, 0.3) is 11.0 Å². The molecule has 2 aromatic carbocycles. The molecule has 1 aliphatic rings. The molecule has 1 amide bonds. The lowest BCUT2D eigenvalue weighted by Gasteiger charge is -2.26. The van der Waals surface area contributed by atoms with Crippen LogP contribution in [-0.2, 0) is 10.9 Å². The Morgan fingerprint density at radius 1 is 1.10 bits per heavy atom. The number of aromatic amines is 1. The highest BCUT2D eigenvalue weighted by molar-refractivity contribution is 6.12. The summed E-state index contributed by atoms with van der Waals surface area (Å²) in [6.07, 6.45) is -1.13. The molecule has 1 saturated heterocycles. The fraction of sp³-hybridized carbons (Fsp3) is 0.286. The number of fused-ring (bicyclic) bond motifs is 1. The van der Waals surface area contributed by atoms with Crippen LogP contribution in [0.4, 0.5) is 35.9 Å². The Morgan fingerprint density at radius 2 is 1.90 bits per heavy atom. The van der Waals surface area contributed by atoms with Crippen LogP contribution in [0.3, 0.4) is 0 Å². The maximum absolute atomic E-state index is 13.5. The first-order valence-electron chi connectivity index (χ1n) is 12.6. The van der Waals surface area contributed by atoms with E-state index in [4.69, 9.17) is 4.74 Å². The van der Waals surface area contributed by atoms with Gasteiger partial charge >= 0.3 is 6.18 Å². The number of nitrogens with one attached hydrogen (secondary N) is 4. The highest BCUT2D eigenvalue weighted by Gasteiger charge is 2.30. The number of carbonyl (C=O) groups excluding carboxylic acids is 1. The second-order valence-electron chi connectivity index (χ2n) is 9.36. The van der Waals surface area contributed by atoms with Gasteiger partial charge in [-0.1, -0.05) is 12.1 Å². The maximum atomic E-state index is 13.5. The van der Waals surface area contributed by atoms with Crippen molar-refractivity contribution < 1.29 is 22.7 Å². The predicted octanol–water partition coefficient (Wildman–Crippen LogP) is 5.63. The highest BCUT2D eigenvalue weighted by atomic mass is 19.4. The number of anilines is 4. The molecule has 39 heavy (non-hydrogen) atoms. The number of rotatable bonds is 8. The first kappa shape index (κ1) is 26.5. The second kappa shape index (κ2) is 11.3. The van der Waals surface area contributed by atoms with Crippen LogP contribution < -0.4 is 16.0 Å². The fourth-order valence-corrected chi connectivity index (χ4v) is 4.50. The first-order valence-corrected chi connectivity index (χ1v) is 12.6. The number of hydrogen-bond donors (Lipinski definition) is 4. The van der Waals surface area contributed by atoms with Crippen LogP contribution in [-0.4, -0.2) is 60.2 Å². The SMILES string of the molecule is Cc1ccc(Nc2cccc(C(F)(F)F)c2)cc1NC(=O)c1cnc2[nH]ccc2c1NCCN1CCOCC1. The smallest absolute Gasteiger partial charge is 0.382 e. The lowest BCUT2D eigenvalue weighted by Crippen LogP contribution is -2.39. The molecule has 0 aliphatic carbocycles. The van der Waals surface area contributed by atoms with E-state index in [1.165, 1.54) is 12.3 Å². The third kappa shape index (κ3) is 6.32. The van der Waals surface area contributed by atoms with Gasteiger partial charge in [0.2, 0.25) is 0 Å². The summed E-state index contributed by atoms with van der Waals surface area (Å²) in [5.41, 5.74) is 3.17. The molecule has 0 radical (unpaired) electrons. The van der Waals surface area contributed by atoms with E-state index >= 15 is 0 Å². The number of nitrogens with zero attached hydrogens (tertiary/aromatic N) is 2. The van der Waals surface area contributed by atoms with Crippen molar-refractivity contribution in [3.05, 3.63) is 77.6 Å². The molecule has 0 bridgehead atoms. The van der Waals surface area contributed by atoms with E-state index in [1.807, 2.05) is 13.0 Å². The quantitative estimate of drug-likeness (QED) is 0.232. The van der Waals surface area contributed by atoms with Gasteiger partial charge in [0, 0.05) is 61.0 Å². The topological polar surface area (TPSA) is 94.3 Å². The van der Waals surface area contributed by atoms with E-state index in [0.29, 0.717) is 53.7 Å². The van der Waals surface area contributed by atoms with Gasteiger partial charge < -0.3 is 25.7 Å². The number of amides is 1. The Balaban J connectivity index is 1.34. The molecule has 2 aromatic heterocycles. The Hall–Kier alpha value is -4.09. The standard InChI is InChI=1S/C28H29F3N6O2/c1-18-5-6-21(35-20-4-2-3-19(15-20)28(29,30)31)16-24(18)36-27(38)23-17-34-26-22(7-8-33-26)25(23)32-9-10-37-11-13-39-14-12-37/h2-8,15-17,35H,9-14H2,1H3,(H,36,38)(H2,32,33,34). The number of morpholine rings is 1. The van der Waals surface area contributed by atoms with Crippen molar-refractivity contribution in [3.8, 4) is 0 Å². The molecule has 1 aliphatic heterocycles. The molecule has 3 heterocycles. The Kier molecular flexibility index (Phi) is 7.71. The molecule has 204 valence electrons. The summed E-state index contributed by atoms with van der Waals surface area (Å²) in [5, 5.41) is 10.2. The Morgan fingerprint density at radius 3 is 2.69 bits per heavy atom. The number of ether oxygens (including phenoxy) is 1. The van der Waals surface area contributed by atoms with E-state index in [9.17, 15) is 18.0 Å². The molecule has 0 unspecified atom stereocenters. The van der Waals surface area contributed by atoms with Crippen molar-refractivity contribution in [1.29, 1.82) is 0 Å². The van der Waals surface area contributed by atoms with Crippen LogP contribution in [0, 0.1) is 6.92 Å². The van der Waals surface area contributed by atoms with Crippen molar-refractivity contribution in [3.63, 3.8) is 0 Å². The van der Waals surface area contributed by atoms with Gasteiger partial charge in [0.15, 0.2) is 0 Å². The highest BCUT2D eigenvalue weighted by Crippen LogP contribution is 2.32.